The minimum atomic E-state index is 0.876. The molecule has 1 aliphatic heterocycles. The van der Waals surface area contributed by atoms with Crippen LogP contribution in [-0.2, 0) is 0 Å². The number of benzene rings is 1. The van der Waals surface area contributed by atoms with Crippen molar-refractivity contribution in [2.24, 2.45) is 0 Å². The Kier molecular flexibility index (Phi) is 3.51. The zero-order chi connectivity index (χ0) is 11.4. The lowest BCUT2D eigenvalue weighted by molar-refractivity contribution is 0.392. The predicted molar refractivity (Wildman–Crippen MR) is 64.6 cm³/mol. The number of methoxy groups -OCH3 is 2. The molecule has 0 atom stereocenters. The number of hydrogen-bond donors (Lipinski definition) is 1. The van der Waals surface area contributed by atoms with Crippen LogP contribution in [0.2, 0.25) is 0 Å². The highest BCUT2D eigenvalue weighted by Crippen LogP contribution is 2.37. The second-order valence-electron chi connectivity index (χ2n) is 3.75. The molecule has 0 aliphatic carbocycles. The van der Waals surface area contributed by atoms with Crippen molar-refractivity contribution >= 4 is 5.69 Å². The number of nitrogens with zero attached hydrogens (tertiary/aromatic N) is 1. The monoisotopic (exact) mass is 222 g/mol. The SMILES string of the molecule is COc1cccc(OC)c1N1CCNCC1. The molecule has 0 radical (unpaired) electrons. The molecule has 16 heavy (non-hydrogen) atoms. The molecule has 1 saturated heterocycles. The van der Waals surface area contributed by atoms with Gasteiger partial charge in [0.1, 0.15) is 17.2 Å². The van der Waals surface area contributed by atoms with Gasteiger partial charge in [-0.25, -0.2) is 0 Å². The van der Waals surface area contributed by atoms with Crippen LogP contribution in [0, 0.1) is 0 Å². The van der Waals surface area contributed by atoms with Crippen LogP contribution < -0.4 is 19.7 Å². The molecular weight excluding hydrogens is 204 g/mol. The van der Waals surface area contributed by atoms with Crippen molar-refractivity contribution in [1.29, 1.82) is 0 Å². The van der Waals surface area contributed by atoms with Gasteiger partial charge in [-0.2, -0.15) is 0 Å². The number of nitrogens with one attached hydrogen (secondary N) is 1. The first-order valence-electron chi connectivity index (χ1n) is 5.53. The van der Waals surface area contributed by atoms with Crippen LogP contribution in [0.3, 0.4) is 0 Å². The molecule has 0 unspecified atom stereocenters. The Balaban J connectivity index is 2.34. The third kappa shape index (κ3) is 2.07. The number of para-hydroxylation sites is 1. The average molecular weight is 222 g/mol. The zero-order valence-corrected chi connectivity index (χ0v) is 9.82. The number of hydrogen-bond acceptors (Lipinski definition) is 4. The summed E-state index contributed by atoms with van der Waals surface area (Å²) >= 11 is 0. The van der Waals surface area contributed by atoms with Crippen molar-refractivity contribution in [1.82, 2.24) is 5.32 Å². The summed E-state index contributed by atoms with van der Waals surface area (Å²) < 4.78 is 10.8. The Morgan fingerprint density at radius 1 is 1.06 bits per heavy atom. The van der Waals surface area contributed by atoms with Crippen molar-refractivity contribution in [2.45, 2.75) is 0 Å². The number of rotatable bonds is 3. The molecule has 1 heterocycles. The number of ether oxygens (including phenoxy) is 2. The van der Waals surface area contributed by atoms with E-state index in [0.717, 1.165) is 43.4 Å². The van der Waals surface area contributed by atoms with Gasteiger partial charge in [-0.1, -0.05) is 6.07 Å². The highest BCUT2D eigenvalue weighted by atomic mass is 16.5. The van der Waals surface area contributed by atoms with Gasteiger partial charge in [-0.05, 0) is 12.1 Å². The van der Waals surface area contributed by atoms with E-state index >= 15 is 0 Å². The molecule has 0 aromatic heterocycles. The maximum atomic E-state index is 5.40. The van der Waals surface area contributed by atoms with Crippen molar-refractivity contribution < 1.29 is 9.47 Å². The molecule has 4 heteroatoms. The Bertz CT molecular complexity index is 327. The van der Waals surface area contributed by atoms with E-state index in [4.69, 9.17) is 9.47 Å². The fraction of sp³-hybridized carbons (Fsp3) is 0.500. The minimum Gasteiger partial charge on any atom is -0.494 e. The predicted octanol–water partition coefficient (Wildman–Crippen LogP) is 1.11. The molecule has 1 aromatic rings. The summed E-state index contributed by atoms with van der Waals surface area (Å²) in [6, 6.07) is 5.89. The molecule has 1 aliphatic rings. The summed E-state index contributed by atoms with van der Waals surface area (Å²) in [6.07, 6.45) is 0. The lowest BCUT2D eigenvalue weighted by atomic mass is 10.2. The second kappa shape index (κ2) is 5.07. The maximum Gasteiger partial charge on any atom is 0.145 e. The minimum absolute atomic E-state index is 0.876. The molecule has 0 saturated carbocycles. The van der Waals surface area contributed by atoms with Gasteiger partial charge in [0.15, 0.2) is 0 Å². The van der Waals surface area contributed by atoms with Crippen LogP contribution in [0.1, 0.15) is 0 Å². The van der Waals surface area contributed by atoms with Crippen LogP contribution in [0.5, 0.6) is 11.5 Å². The zero-order valence-electron chi connectivity index (χ0n) is 9.82. The van der Waals surface area contributed by atoms with Crippen LogP contribution in [-0.4, -0.2) is 40.4 Å². The van der Waals surface area contributed by atoms with E-state index in [2.05, 4.69) is 10.2 Å². The third-order valence-electron chi connectivity index (χ3n) is 2.84. The number of piperazine rings is 1. The van der Waals surface area contributed by atoms with Crippen molar-refractivity contribution in [3.63, 3.8) is 0 Å². The van der Waals surface area contributed by atoms with Crippen molar-refractivity contribution in [3.8, 4) is 11.5 Å². The van der Waals surface area contributed by atoms with Gasteiger partial charge in [0, 0.05) is 26.2 Å². The fourth-order valence-electron chi connectivity index (χ4n) is 2.03. The first-order valence-corrected chi connectivity index (χ1v) is 5.53. The highest BCUT2D eigenvalue weighted by molar-refractivity contribution is 5.68. The fourth-order valence-corrected chi connectivity index (χ4v) is 2.03. The van der Waals surface area contributed by atoms with E-state index in [9.17, 15) is 0 Å². The second-order valence-corrected chi connectivity index (χ2v) is 3.75. The number of anilines is 1. The molecule has 4 nitrogen and oxygen atoms in total. The third-order valence-corrected chi connectivity index (χ3v) is 2.84. The van der Waals surface area contributed by atoms with Crippen LogP contribution in [0.4, 0.5) is 5.69 Å². The first-order chi connectivity index (χ1) is 7.86. The molecular formula is C12H18N2O2. The normalized spacial score (nSPS) is 16.0. The van der Waals surface area contributed by atoms with Gasteiger partial charge in [0.05, 0.1) is 14.2 Å². The lowest BCUT2D eigenvalue weighted by Gasteiger charge is -2.31. The van der Waals surface area contributed by atoms with Gasteiger partial charge in [-0.3, -0.25) is 0 Å². The molecule has 88 valence electrons. The van der Waals surface area contributed by atoms with E-state index in [1.165, 1.54) is 0 Å². The standard InChI is InChI=1S/C12H18N2O2/c1-15-10-4-3-5-11(16-2)12(10)14-8-6-13-7-9-14/h3-5,13H,6-9H2,1-2H3. The molecule has 1 N–H and O–H groups in total. The van der Waals surface area contributed by atoms with E-state index in [1.54, 1.807) is 14.2 Å². The summed E-state index contributed by atoms with van der Waals surface area (Å²) in [5, 5.41) is 3.34. The molecule has 2 rings (SSSR count). The van der Waals surface area contributed by atoms with Gasteiger partial charge in [0.2, 0.25) is 0 Å². The average Bonchev–Trinajstić information content (AvgIpc) is 2.38. The molecule has 0 amide bonds. The van der Waals surface area contributed by atoms with Gasteiger partial charge in [0.25, 0.3) is 0 Å². The summed E-state index contributed by atoms with van der Waals surface area (Å²) in [4.78, 5) is 2.30. The summed E-state index contributed by atoms with van der Waals surface area (Å²) in [5.41, 5.74) is 1.06. The van der Waals surface area contributed by atoms with E-state index < -0.39 is 0 Å². The molecule has 1 aromatic carbocycles. The Labute approximate surface area is 96.2 Å². The maximum absolute atomic E-state index is 5.40. The summed E-state index contributed by atoms with van der Waals surface area (Å²) in [5.74, 6) is 1.75. The van der Waals surface area contributed by atoms with Crippen LogP contribution in [0.15, 0.2) is 18.2 Å². The molecule has 1 fully saturated rings. The van der Waals surface area contributed by atoms with Crippen molar-refractivity contribution in [3.05, 3.63) is 18.2 Å². The Hall–Kier alpha value is -1.42. The topological polar surface area (TPSA) is 33.7 Å². The highest BCUT2D eigenvalue weighted by Gasteiger charge is 2.18. The first kappa shape index (κ1) is 11.1. The quantitative estimate of drug-likeness (QED) is 0.830. The largest absolute Gasteiger partial charge is 0.494 e. The van der Waals surface area contributed by atoms with Crippen LogP contribution in [0.25, 0.3) is 0 Å². The molecule has 0 spiro atoms. The van der Waals surface area contributed by atoms with E-state index in [-0.39, 0.29) is 0 Å². The van der Waals surface area contributed by atoms with E-state index in [0.29, 0.717) is 0 Å². The smallest absolute Gasteiger partial charge is 0.145 e. The lowest BCUT2D eigenvalue weighted by Crippen LogP contribution is -2.43. The summed E-state index contributed by atoms with van der Waals surface area (Å²) in [6.45, 7) is 3.97. The Morgan fingerprint density at radius 2 is 1.62 bits per heavy atom. The van der Waals surface area contributed by atoms with Gasteiger partial charge >= 0.3 is 0 Å². The van der Waals surface area contributed by atoms with Gasteiger partial charge in [-0.15, -0.1) is 0 Å². The van der Waals surface area contributed by atoms with Crippen molar-refractivity contribution in [2.75, 3.05) is 45.3 Å². The van der Waals surface area contributed by atoms with Gasteiger partial charge < -0.3 is 19.7 Å². The molecule has 0 bridgehead atoms. The van der Waals surface area contributed by atoms with E-state index in [1.807, 2.05) is 18.2 Å². The van der Waals surface area contributed by atoms with Crippen LogP contribution >= 0.6 is 0 Å². The summed E-state index contributed by atoms with van der Waals surface area (Å²) in [7, 11) is 3.39. The Morgan fingerprint density at radius 3 is 2.12 bits per heavy atom.